The van der Waals surface area contributed by atoms with Gasteiger partial charge in [0.05, 0.1) is 10.6 Å². The first-order valence-corrected chi connectivity index (χ1v) is 9.64. The number of benzene rings is 3. The molecule has 3 rings (SSSR count). The van der Waals surface area contributed by atoms with Crippen LogP contribution in [0, 0.1) is 0 Å². The number of carbonyl (C=O) groups excluding carboxylic acids is 2. The molecule has 0 bridgehead atoms. The summed E-state index contributed by atoms with van der Waals surface area (Å²) in [4.78, 5) is 25.5. The Bertz CT molecular complexity index is 1040. The lowest BCUT2D eigenvalue weighted by Crippen LogP contribution is -2.34. The maximum absolute atomic E-state index is 12.8. The van der Waals surface area contributed by atoms with E-state index in [4.69, 9.17) is 23.2 Å². The molecule has 0 atom stereocenters. The van der Waals surface area contributed by atoms with Gasteiger partial charge in [-0.25, -0.2) is 0 Å². The fraction of sp³-hybridized carbons (Fsp3) is 0.0435. The monoisotopic (exact) mass is 424 g/mol. The van der Waals surface area contributed by atoms with Gasteiger partial charge < -0.3 is 10.6 Å². The number of hydrogen-bond acceptors (Lipinski definition) is 2. The van der Waals surface area contributed by atoms with Crippen LogP contribution in [0.3, 0.4) is 0 Å². The van der Waals surface area contributed by atoms with Crippen molar-refractivity contribution in [3.63, 3.8) is 0 Å². The molecule has 3 aromatic rings. The summed E-state index contributed by atoms with van der Waals surface area (Å²) in [5.74, 6) is -0.903. The molecule has 0 aromatic heterocycles. The summed E-state index contributed by atoms with van der Waals surface area (Å²) in [6, 6.07) is 23.3. The van der Waals surface area contributed by atoms with Crippen LogP contribution in [0.5, 0.6) is 0 Å². The van der Waals surface area contributed by atoms with Gasteiger partial charge in [-0.15, -0.1) is 0 Å². The lowest BCUT2D eigenvalue weighted by molar-refractivity contribution is -0.117. The Hall–Kier alpha value is -3.08. The van der Waals surface area contributed by atoms with E-state index in [2.05, 4.69) is 10.6 Å². The van der Waals surface area contributed by atoms with Gasteiger partial charge in [-0.2, -0.15) is 0 Å². The maximum Gasteiger partial charge on any atom is 0.268 e. The van der Waals surface area contributed by atoms with Crippen LogP contribution >= 0.6 is 23.2 Å². The molecule has 0 aliphatic heterocycles. The van der Waals surface area contributed by atoms with Gasteiger partial charge in [-0.05, 0) is 35.4 Å². The first kappa shape index (κ1) is 20.6. The minimum atomic E-state index is -0.497. The number of nitrogens with one attached hydrogen (secondary N) is 2. The summed E-state index contributed by atoms with van der Waals surface area (Å²) in [5, 5.41) is 6.12. The summed E-state index contributed by atoms with van der Waals surface area (Å²) < 4.78 is 0. The average molecular weight is 425 g/mol. The lowest BCUT2D eigenvalue weighted by Gasteiger charge is -2.12. The van der Waals surface area contributed by atoms with E-state index in [9.17, 15) is 9.59 Å². The van der Waals surface area contributed by atoms with E-state index in [1.165, 1.54) is 12.1 Å². The zero-order valence-corrected chi connectivity index (χ0v) is 16.9. The largest absolute Gasteiger partial charge is 0.347 e. The lowest BCUT2D eigenvalue weighted by atomic mass is 10.1. The van der Waals surface area contributed by atoms with E-state index in [0.29, 0.717) is 11.6 Å². The van der Waals surface area contributed by atoms with Crippen molar-refractivity contribution in [1.29, 1.82) is 0 Å². The molecule has 0 unspecified atom stereocenters. The summed E-state index contributed by atoms with van der Waals surface area (Å²) in [7, 11) is 0. The predicted molar refractivity (Wildman–Crippen MR) is 117 cm³/mol. The Morgan fingerprint density at radius 2 is 1.52 bits per heavy atom. The second kappa shape index (κ2) is 9.92. The molecule has 4 nitrogen and oxygen atoms in total. The van der Waals surface area contributed by atoms with E-state index < -0.39 is 11.8 Å². The molecule has 0 fully saturated rings. The van der Waals surface area contributed by atoms with E-state index in [-0.39, 0.29) is 16.3 Å². The fourth-order valence-electron chi connectivity index (χ4n) is 2.61. The Balaban J connectivity index is 1.82. The van der Waals surface area contributed by atoms with Gasteiger partial charge in [-0.3, -0.25) is 9.59 Å². The third-order valence-electron chi connectivity index (χ3n) is 4.08. The molecule has 29 heavy (non-hydrogen) atoms. The van der Waals surface area contributed by atoms with Crippen molar-refractivity contribution in [1.82, 2.24) is 10.6 Å². The summed E-state index contributed by atoms with van der Waals surface area (Å²) >= 11 is 12.0. The van der Waals surface area contributed by atoms with Gasteiger partial charge in [0.1, 0.15) is 5.70 Å². The molecule has 0 aliphatic carbocycles. The minimum absolute atomic E-state index is 0.114. The van der Waals surface area contributed by atoms with Crippen molar-refractivity contribution in [3.05, 3.63) is 111 Å². The van der Waals surface area contributed by atoms with Crippen molar-refractivity contribution < 1.29 is 9.59 Å². The minimum Gasteiger partial charge on any atom is -0.347 e. The molecule has 2 N–H and O–H groups in total. The van der Waals surface area contributed by atoms with Crippen LogP contribution < -0.4 is 10.6 Å². The van der Waals surface area contributed by atoms with Crippen LogP contribution in [0.15, 0.2) is 84.6 Å². The number of halogens is 2. The van der Waals surface area contributed by atoms with Crippen LogP contribution in [0.4, 0.5) is 0 Å². The highest BCUT2D eigenvalue weighted by Crippen LogP contribution is 2.21. The van der Waals surface area contributed by atoms with E-state index >= 15 is 0 Å². The molecule has 0 radical (unpaired) electrons. The summed E-state index contributed by atoms with van der Waals surface area (Å²) in [6.07, 6.45) is 1.61. The predicted octanol–water partition coefficient (Wildman–Crippen LogP) is 5.08. The molecule has 0 saturated heterocycles. The smallest absolute Gasteiger partial charge is 0.268 e. The quantitative estimate of drug-likeness (QED) is 0.541. The van der Waals surface area contributed by atoms with Gasteiger partial charge in [0, 0.05) is 11.6 Å². The van der Waals surface area contributed by atoms with Gasteiger partial charge >= 0.3 is 0 Å². The standard InChI is InChI=1S/C23H18Cl2N2O2/c24-18-11-12-19(20(25)14-18)22(28)27-21(13-16-7-3-1-4-8-16)23(29)26-15-17-9-5-2-6-10-17/h1-14H,15H2,(H,26,29)(H,27,28)/b21-13+. The summed E-state index contributed by atoms with van der Waals surface area (Å²) in [5.41, 5.74) is 2.07. The number of rotatable bonds is 6. The topological polar surface area (TPSA) is 58.2 Å². The van der Waals surface area contributed by atoms with Crippen LogP contribution in [-0.4, -0.2) is 11.8 Å². The Labute approximate surface area is 179 Å². The second-order valence-corrected chi connectivity index (χ2v) is 7.06. The fourth-order valence-corrected chi connectivity index (χ4v) is 3.11. The molecule has 0 aliphatic rings. The molecule has 0 saturated carbocycles. The molecule has 0 spiro atoms. The number of hydrogen-bond donors (Lipinski definition) is 2. The van der Waals surface area contributed by atoms with Gasteiger partial charge in [0.25, 0.3) is 11.8 Å². The highest BCUT2D eigenvalue weighted by molar-refractivity contribution is 6.36. The molecule has 146 valence electrons. The third kappa shape index (κ3) is 5.95. The van der Waals surface area contributed by atoms with Crippen LogP contribution in [0.1, 0.15) is 21.5 Å². The van der Waals surface area contributed by atoms with E-state index in [1.807, 2.05) is 60.7 Å². The Morgan fingerprint density at radius 1 is 0.862 bits per heavy atom. The Morgan fingerprint density at radius 3 is 2.17 bits per heavy atom. The first-order chi connectivity index (χ1) is 14.0. The normalized spacial score (nSPS) is 11.0. The molecular weight excluding hydrogens is 407 g/mol. The van der Waals surface area contributed by atoms with Crippen molar-refractivity contribution in [2.75, 3.05) is 0 Å². The molecular formula is C23H18Cl2N2O2. The average Bonchev–Trinajstić information content (AvgIpc) is 2.73. The van der Waals surface area contributed by atoms with Crippen LogP contribution in [0.2, 0.25) is 10.0 Å². The number of carbonyl (C=O) groups is 2. The maximum atomic E-state index is 12.8. The zero-order valence-electron chi connectivity index (χ0n) is 15.4. The van der Waals surface area contributed by atoms with E-state index in [1.54, 1.807) is 12.1 Å². The van der Waals surface area contributed by atoms with Gasteiger partial charge in [-0.1, -0.05) is 83.9 Å². The van der Waals surface area contributed by atoms with E-state index in [0.717, 1.165) is 11.1 Å². The third-order valence-corrected chi connectivity index (χ3v) is 4.62. The second-order valence-electron chi connectivity index (χ2n) is 6.22. The SMILES string of the molecule is O=C(NCc1ccccc1)/C(=C\c1ccccc1)NC(=O)c1ccc(Cl)cc1Cl. The zero-order chi connectivity index (χ0) is 20.6. The van der Waals surface area contributed by atoms with Crippen molar-refractivity contribution in [3.8, 4) is 0 Å². The first-order valence-electron chi connectivity index (χ1n) is 8.88. The Kier molecular flexibility index (Phi) is 7.06. The van der Waals surface area contributed by atoms with Gasteiger partial charge in [0.15, 0.2) is 0 Å². The highest BCUT2D eigenvalue weighted by Gasteiger charge is 2.17. The highest BCUT2D eigenvalue weighted by atomic mass is 35.5. The molecule has 6 heteroatoms. The van der Waals surface area contributed by atoms with Crippen LogP contribution in [0.25, 0.3) is 6.08 Å². The molecule has 2 amide bonds. The summed E-state index contributed by atoms with van der Waals surface area (Å²) in [6.45, 7) is 0.337. The van der Waals surface area contributed by atoms with Crippen LogP contribution in [-0.2, 0) is 11.3 Å². The van der Waals surface area contributed by atoms with Gasteiger partial charge in [0.2, 0.25) is 0 Å². The van der Waals surface area contributed by atoms with Crippen molar-refractivity contribution >= 4 is 41.1 Å². The molecule has 0 heterocycles. The van der Waals surface area contributed by atoms with Crippen molar-refractivity contribution in [2.45, 2.75) is 6.54 Å². The molecule has 3 aromatic carbocycles. The number of amides is 2. The van der Waals surface area contributed by atoms with Crippen molar-refractivity contribution in [2.24, 2.45) is 0 Å².